The Bertz CT molecular complexity index is 474. The normalized spacial score (nSPS) is 10.7. The molecule has 0 atom stereocenters. The molecule has 0 aliphatic heterocycles. The number of hydrogen-bond acceptors (Lipinski definition) is 5. The topological polar surface area (TPSA) is 37.8 Å². The lowest BCUT2D eigenvalue weighted by atomic mass is 10.2. The monoisotopic (exact) mass is 269 g/mol. The summed E-state index contributed by atoms with van der Waals surface area (Å²) in [6, 6.07) is 5.13. The van der Waals surface area contributed by atoms with Gasteiger partial charge in [0.2, 0.25) is 0 Å². The predicted molar refractivity (Wildman–Crippen MR) is 67.8 cm³/mol. The molecule has 0 aliphatic rings. The highest BCUT2D eigenvalue weighted by Crippen LogP contribution is 2.33. The van der Waals surface area contributed by atoms with Gasteiger partial charge in [-0.05, 0) is 29.7 Å². The van der Waals surface area contributed by atoms with Crippen LogP contribution >= 0.6 is 23.3 Å². The number of rotatable bonds is 5. The van der Waals surface area contributed by atoms with Gasteiger partial charge >= 0.3 is 0 Å². The summed E-state index contributed by atoms with van der Waals surface area (Å²) in [5.74, 6) is -0.208. The van der Waals surface area contributed by atoms with Crippen LogP contribution in [-0.2, 0) is 6.54 Å². The molecule has 0 fully saturated rings. The maximum absolute atomic E-state index is 13.8. The summed E-state index contributed by atoms with van der Waals surface area (Å²) in [6.45, 7) is 3.55. The van der Waals surface area contributed by atoms with Crippen molar-refractivity contribution in [3.05, 3.63) is 35.9 Å². The number of nitrogens with zero attached hydrogens (tertiary/aromatic N) is 2. The fourth-order valence-corrected chi connectivity index (χ4v) is 2.88. The molecular formula is C11H12FN3S2. The summed E-state index contributed by atoms with van der Waals surface area (Å²) in [6.07, 6.45) is 1.48. The first-order valence-corrected chi connectivity index (χ1v) is 6.83. The van der Waals surface area contributed by atoms with Gasteiger partial charge in [0, 0.05) is 6.54 Å². The molecule has 0 amide bonds. The summed E-state index contributed by atoms with van der Waals surface area (Å²) in [4.78, 5) is 4.69. The van der Waals surface area contributed by atoms with Gasteiger partial charge in [0.25, 0.3) is 0 Å². The molecule has 1 aromatic heterocycles. The third-order valence-electron chi connectivity index (χ3n) is 2.14. The molecule has 90 valence electrons. The Morgan fingerprint density at radius 1 is 1.47 bits per heavy atom. The Hall–Kier alpha value is -0.980. The molecule has 2 rings (SSSR count). The van der Waals surface area contributed by atoms with Crippen LogP contribution in [-0.4, -0.2) is 15.9 Å². The third-order valence-corrected chi connectivity index (χ3v) is 4.02. The van der Waals surface area contributed by atoms with E-state index in [9.17, 15) is 4.39 Å². The van der Waals surface area contributed by atoms with Crippen LogP contribution in [0, 0.1) is 5.82 Å². The van der Waals surface area contributed by atoms with E-state index in [1.165, 1.54) is 35.7 Å². The van der Waals surface area contributed by atoms with Crippen LogP contribution in [0.25, 0.3) is 0 Å². The Labute approximate surface area is 108 Å². The van der Waals surface area contributed by atoms with Gasteiger partial charge in [-0.2, -0.15) is 4.37 Å². The van der Waals surface area contributed by atoms with E-state index in [0.717, 1.165) is 16.4 Å². The van der Waals surface area contributed by atoms with Crippen LogP contribution in [0.15, 0.2) is 33.8 Å². The van der Waals surface area contributed by atoms with E-state index in [4.69, 9.17) is 0 Å². The van der Waals surface area contributed by atoms with Crippen molar-refractivity contribution in [3.63, 3.8) is 0 Å². The van der Waals surface area contributed by atoms with Crippen LogP contribution in [0.2, 0.25) is 0 Å². The molecule has 1 heterocycles. The second kappa shape index (κ2) is 6.09. The van der Waals surface area contributed by atoms with Gasteiger partial charge in [-0.25, -0.2) is 9.37 Å². The molecule has 0 bridgehead atoms. The molecule has 3 nitrogen and oxygen atoms in total. The van der Waals surface area contributed by atoms with E-state index < -0.39 is 0 Å². The Morgan fingerprint density at radius 2 is 2.35 bits per heavy atom. The van der Waals surface area contributed by atoms with E-state index in [1.807, 2.05) is 13.0 Å². The number of hydrogen-bond donors (Lipinski definition) is 1. The second-order valence-corrected chi connectivity index (χ2v) is 5.36. The fraction of sp³-hybridized carbons (Fsp3) is 0.273. The summed E-state index contributed by atoms with van der Waals surface area (Å²) >= 11 is 2.60. The van der Waals surface area contributed by atoms with Crippen molar-refractivity contribution < 1.29 is 4.39 Å². The molecule has 0 spiro atoms. The van der Waals surface area contributed by atoms with Crippen molar-refractivity contribution in [2.75, 3.05) is 6.54 Å². The average Bonchev–Trinajstić information content (AvgIpc) is 2.83. The quantitative estimate of drug-likeness (QED) is 0.905. The van der Waals surface area contributed by atoms with Gasteiger partial charge in [-0.1, -0.05) is 30.8 Å². The van der Waals surface area contributed by atoms with E-state index in [1.54, 1.807) is 6.07 Å². The minimum absolute atomic E-state index is 0.208. The van der Waals surface area contributed by atoms with E-state index in [2.05, 4.69) is 14.7 Å². The second-order valence-electron chi connectivity index (χ2n) is 3.32. The molecular weight excluding hydrogens is 257 g/mol. The van der Waals surface area contributed by atoms with Crippen molar-refractivity contribution in [2.45, 2.75) is 22.7 Å². The highest BCUT2D eigenvalue weighted by molar-refractivity contribution is 8.01. The Kier molecular flexibility index (Phi) is 4.47. The molecule has 1 N–H and O–H groups in total. The highest BCUT2D eigenvalue weighted by atomic mass is 32.2. The Morgan fingerprint density at radius 3 is 3.06 bits per heavy atom. The number of halogens is 1. The van der Waals surface area contributed by atoms with Crippen LogP contribution in [0.1, 0.15) is 12.5 Å². The molecule has 0 aliphatic carbocycles. The van der Waals surface area contributed by atoms with Gasteiger partial charge < -0.3 is 5.32 Å². The standard InChI is InChI=1S/C11H12FN3S2/c1-2-13-6-8-4-3-5-9(12)10(8)16-11-14-7-15-17-11/h3-5,7,13H,2,6H2,1H3. The molecule has 0 radical (unpaired) electrons. The minimum atomic E-state index is -0.208. The molecule has 0 saturated carbocycles. The average molecular weight is 269 g/mol. The molecule has 6 heteroatoms. The van der Waals surface area contributed by atoms with Crippen LogP contribution in [0.4, 0.5) is 4.39 Å². The largest absolute Gasteiger partial charge is 0.313 e. The molecule has 2 aromatic rings. The zero-order chi connectivity index (χ0) is 12.1. The fourth-order valence-electron chi connectivity index (χ4n) is 1.36. The third kappa shape index (κ3) is 3.24. The zero-order valence-electron chi connectivity index (χ0n) is 9.31. The van der Waals surface area contributed by atoms with Crippen molar-refractivity contribution in [1.82, 2.24) is 14.7 Å². The van der Waals surface area contributed by atoms with Gasteiger partial charge in [0.15, 0.2) is 4.34 Å². The van der Waals surface area contributed by atoms with Crippen LogP contribution < -0.4 is 5.32 Å². The summed E-state index contributed by atoms with van der Waals surface area (Å²) < 4.78 is 18.4. The van der Waals surface area contributed by atoms with Crippen molar-refractivity contribution in [3.8, 4) is 0 Å². The lowest BCUT2D eigenvalue weighted by molar-refractivity contribution is 0.591. The van der Waals surface area contributed by atoms with Crippen LogP contribution in [0.5, 0.6) is 0 Å². The first-order valence-electron chi connectivity index (χ1n) is 5.24. The van der Waals surface area contributed by atoms with Gasteiger partial charge in [-0.15, -0.1) is 0 Å². The summed E-state index contributed by atoms with van der Waals surface area (Å²) in [5.41, 5.74) is 0.951. The van der Waals surface area contributed by atoms with Gasteiger partial charge in [0.05, 0.1) is 4.90 Å². The Balaban J connectivity index is 2.24. The molecule has 17 heavy (non-hydrogen) atoms. The van der Waals surface area contributed by atoms with Gasteiger partial charge in [0.1, 0.15) is 12.1 Å². The minimum Gasteiger partial charge on any atom is -0.313 e. The van der Waals surface area contributed by atoms with Gasteiger partial charge in [-0.3, -0.25) is 0 Å². The number of aromatic nitrogens is 2. The highest BCUT2D eigenvalue weighted by Gasteiger charge is 2.11. The SMILES string of the molecule is CCNCc1cccc(F)c1Sc1ncns1. The number of benzene rings is 1. The smallest absolute Gasteiger partial charge is 0.174 e. The first kappa shape index (κ1) is 12.5. The predicted octanol–water partition coefficient (Wildman–Crippen LogP) is 2.94. The van der Waals surface area contributed by atoms with E-state index in [-0.39, 0.29) is 5.82 Å². The maximum atomic E-state index is 13.8. The lowest BCUT2D eigenvalue weighted by Gasteiger charge is -2.08. The van der Waals surface area contributed by atoms with Crippen molar-refractivity contribution in [1.29, 1.82) is 0 Å². The zero-order valence-corrected chi connectivity index (χ0v) is 10.9. The molecule has 1 aromatic carbocycles. The van der Waals surface area contributed by atoms with E-state index in [0.29, 0.717) is 11.4 Å². The summed E-state index contributed by atoms with van der Waals surface area (Å²) in [7, 11) is 0. The first-order chi connectivity index (χ1) is 8.31. The number of nitrogens with one attached hydrogen (secondary N) is 1. The van der Waals surface area contributed by atoms with E-state index >= 15 is 0 Å². The van der Waals surface area contributed by atoms with Crippen LogP contribution in [0.3, 0.4) is 0 Å². The van der Waals surface area contributed by atoms with Crippen molar-refractivity contribution >= 4 is 23.3 Å². The summed E-state index contributed by atoms with van der Waals surface area (Å²) in [5, 5.41) is 3.20. The lowest BCUT2D eigenvalue weighted by Crippen LogP contribution is -2.12. The maximum Gasteiger partial charge on any atom is 0.174 e. The molecule has 0 unspecified atom stereocenters. The molecule has 0 saturated heterocycles. The van der Waals surface area contributed by atoms with Crippen molar-refractivity contribution in [2.24, 2.45) is 0 Å².